The lowest BCUT2D eigenvalue weighted by molar-refractivity contribution is -0.385. The molecule has 8 nitrogen and oxygen atoms in total. The molecule has 0 fully saturated rings. The van der Waals surface area contributed by atoms with Crippen LogP contribution in [0, 0.1) is 10.1 Å². The van der Waals surface area contributed by atoms with Gasteiger partial charge < -0.3 is 14.8 Å². The van der Waals surface area contributed by atoms with E-state index in [1.807, 2.05) is 0 Å². The standard InChI is InChI=1S/C17H17N3O5/c1-24-11-12-25-17-14(6-4-10-18-17)19-16(21)9-8-13-5-2-3-7-15(13)20(22)23/h2-10H,11-12H2,1H3,(H,19,21). The highest BCUT2D eigenvalue weighted by atomic mass is 16.6. The summed E-state index contributed by atoms with van der Waals surface area (Å²) in [4.78, 5) is 26.6. The highest BCUT2D eigenvalue weighted by Crippen LogP contribution is 2.21. The number of carbonyl (C=O) groups is 1. The molecule has 0 bridgehead atoms. The number of amides is 1. The number of nitro benzene ring substituents is 1. The van der Waals surface area contributed by atoms with Crippen LogP contribution in [0.1, 0.15) is 5.56 Å². The Morgan fingerprint density at radius 3 is 2.84 bits per heavy atom. The molecular formula is C17H17N3O5. The van der Waals surface area contributed by atoms with Gasteiger partial charge in [-0.25, -0.2) is 4.98 Å². The summed E-state index contributed by atoms with van der Waals surface area (Å²) in [7, 11) is 1.55. The van der Waals surface area contributed by atoms with Crippen molar-refractivity contribution in [3.63, 3.8) is 0 Å². The molecule has 0 aliphatic heterocycles. The Labute approximate surface area is 144 Å². The molecule has 0 atom stereocenters. The van der Waals surface area contributed by atoms with Crippen LogP contribution in [-0.4, -0.2) is 36.1 Å². The molecule has 0 unspecified atom stereocenters. The zero-order valence-corrected chi connectivity index (χ0v) is 13.5. The molecule has 8 heteroatoms. The molecule has 1 heterocycles. The van der Waals surface area contributed by atoms with Crippen molar-refractivity contribution in [2.45, 2.75) is 0 Å². The molecule has 25 heavy (non-hydrogen) atoms. The fourth-order valence-corrected chi connectivity index (χ4v) is 1.96. The molecule has 1 aromatic heterocycles. The third kappa shape index (κ3) is 5.40. The summed E-state index contributed by atoms with van der Waals surface area (Å²) in [5, 5.41) is 13.6. The van der Waals surface area contributed by atoms with Crippen molar-refractivity contribution in [2.75, 3.05) is 25.6 Å². The maximum Gasteiger partial charge on any atom is 0.276 e. The second-order valence-corrected chi connectivity index (χ2v) is 4.84. The zero-order valence-electron chi connectivity index (χ0n) is 13.5. The van der Waals surface area contributed by atoms with E-state index in [1.54, 1.807) is 43.6 Å². The van der Waals surface area contributed by atoms with Crippen LogP contribution in [0.5, 0.6) is 5.88 Å². The quantitative estimate of drug-likeness (QED) is 0.342. The van der Waals surface area contributed by atoms with Gasteiger partial charge >= 0.3 is 0 Å². The van der Waals surface area contributed by atoms with E-state index >= 15 is 0 Å². The van der Waals surface area contributed by atoms with E-state index in [0.717, 1.165) is 0 Å². The van der Waals surface area contributed by atoms with Gasteiger partial charge in [-0.3, -0.25) is 14.9 Å². The lowest BCUT2D eigenvalue weighted by Crippen LogP contribution is -2.12. The molecule has 2 rings (SSSR count). The normalized spacial score (nSPS) is 10.6. The number of rotatable bonds is 8. The molecule has 1 amide bonds. The van der Waals surface area contributed by atoms with Crippen LogP contribution < -0.4 is 10.1 Å². The number of methoxy groups -OCH3 is 1. The number of benzene rings is 1. The molecule has 0 spiro atoms. The van der Waals surface area contributed by atoms with Gasteiger partial charge in [-0.2, -0.15) is 0 Å². The largest absolute Gasteiger partial charge is 0.474 e. The minimum absolute atomic E-state index is 0.0727. The first-order chi connectivity index (χ1) is 12.1. The summed E-state index contributed by atoms with van der Waals surface area (Å²) in [6, 6.07) is 9.46. The number of nitrogens with zero attached hydrogens (tertiary/aromatic N) is 2. The molecule has 1 N–H and O–H groups in total. The van der Waals surface area contributed by atoms with Gasteiger partial charge in [0.1, 0.15) is 12.3 Å². The third-order valence-corrected chi connectivity index (χ3v) is 3.10. The van der Waals surface area contributed by atoms with Gasteiger partial charge in [0.05, 0.1) is 17.1 Å². The molecule has 0 saturated carbocycles. The van der Waals surface area contributed by atoms with Gasteiger partial charge in [-0.1, -0.05) is 12.1 Å². The average Bonchev–Trinajstić information content (AvgIpc) is 2.62. The number of anilines is 1. The predicted octanol–water partition coefficient (Wildman–Crippen LogP) is 2.67. The van der Waals surface area contributed by atoms with Crippen molar-refractivity contribution < 1.29 is 19.2 Å². The van der Waals surface area contributed by atoms with Crippen molar-refractivity contribution >= 4 is 23.4 Å². The summed E-state index contributed by atoms with van der Waals surface area (Å²) >= 11 is 0. The average molecular weight is 343 g/mol. The van der Waals surface area contributed by atoms with Crippen molar-refractivity contribution in [3.8, 4) is 5.88 Å². The lowest BCUT2D eigenvalue weighted by Gasteiger charge is -2.09. The number of hydrogen-bond acceptors (Lipinski definition) is 6. The lowest BCUT2D eigenvalue weighted by atomic mass is 10.1. The van der Waals surface area contributed by atoms with E-state index in [1.165, 1.54) is 18.2 Å². The number of para-hydroxylation sites is 1. The van der Waals surface area contributed by atoms with Crippen molar-refractivity contribution in [1.29, 1.82) is 0 Å². The van der Waals surface area contributed by atoms with Crippen LogP contribution in [0.2, 0.25) is 0 Å². The Bertz CT molecular complexity index is 776. The Morgan fingerprint density at radius 1 is 1.28 bits per heavy atom. The second kappa shape index (κ2) is 9.14. The predicted molar refractivity (Wildman–Crippen MR) is 92.4 cm³/mol. The highest BCUT2D eigenvalue weighted by Gasteiger charge is 2.11. The van der Waals surface area contributed by atoms with E-state index < -0.39 is 10.8 Å². The smallest absolute Gasteiger partial charge is 0.276 e. The first kappa shape index (κ1) is 18.1. The van der Waals surface area contributed by atoms with E-state index in [0.29, 0.717) is 24.5 Å². The van der Waals surface area contributed by atoms with E-state index in [4.69, 9.17) is 9.47 Å². The number of aromatic nitrogens is 1. The van der Waals surface area contributed by atoms with Crippen molar-refractivity contribution in [1.82, 2.24) is 4.98 Å². The molecule has 130 valence electrons. The van der Waals surface area contributed by atoms with Gasteiger partial charge in [-0.05, 0) is 24.3 Å². The van der Waals surface area contributed by atoms with Crippen LogP contribution >= 0.6 is 0 Å². The van der Waals surface area contributed by atoms with Gasteiger partial charge in [0, 0.05) is 25.4 Å². The summed E-state index contributed by atoms with van der Waals surface area (Å²) in [6.45, 7) is 0.684. The van der Waals surface area contributed by atoms with Gasteiger partial charge in [-0.15, -0.1) is 0 Å². The number of pyridine rings is 1. The van der Waals surface area contributed by atoms with Crippen molar-refractivity contribution in [2.24, 2.45) is 0 Å². The van der Waals surface area contributed by atoms with Crippen LogP contribution in [0.25, 0.3) is 6.08 Å². The van der Waals surface area contributed by atoms with Gasteiger partial charge in [0.25, 0.3) is 5.69 Å². The Hall–Kier alpha value is -3.26. The fraction of sp³-hybridized carbons (Fsp3) is 0.176. The Kier molecular flexibility index (Phi) is 6.61. The second-order valence-electron chi connectivity index (χ2n) is 4.84. The first-order valence-electron chi connectivity index (χ1n) is 7.41. The molecular weight excluding hydrogens is 326 g/mol. The SMILES string of the molecule is COCCOc1ncccc1NC(=O)C=Cc1ccccc1[N+](=O)[O-]. The Morgan fingerprint density at radius 2 is 2.08 bits per heavy atom. The highest BCUT2D eigenvalue weighted by molar-refractivity contribution is 6.02. The van der Waals surface area contributed by atoms with Crippen LogP contribution in [0.4, 0.5) is 11.4 Å². The molecule has 0 radical (unpaired) electrons. The maximum absolute atomic E-state index is 12.1. The molecule has 1 aromatic carbocycles. The summed E-state index contributed by atoms with van der Waals surface area (Å²) in [5.41, 5.74) is 0.665. The summed E-state index contributed by atoms with van der Waals surface area (Å²) in [6.07, 6.45) is 4.14. The van der Waals surface area contributed by atoms with Gasteiger partial charge in [0.2, 0.25) is 11.8 Å². The number of carbonyl (C=O) groups excluding carboxylic acids is 1. The number of hydrogen-bond donors (Lipinski definition) is 1. The zero-order chi connectivity index (χ0) is 18.1. The number of ether oxygens (including phenoxy) is 2. The van der Waals surface area contributed by atoms with Crippen molar-refractivity contribution in [3.05, 3.63) is 64.3 Å². The fourth-order valence-electron chi connectivity index (χ4n) is 1.96. The van der Waals surface area contributed by atoms with E-state index in [2.05, 4.69) is 10.3 Å². The number of nitro groups is 1. The third-order valence-electron chi connectivity index (χ3n) is 3.10. The van der Waals surface area contributed by atoms with Crippen LogP contribution in [0.3, 0.4) is 0 Å². The Balaban J connectivity index is 2.07. The van der Waals surface area contributed by atoms with Crippen LogP contribution in [-0.2, 0) is 9.53 Å². The molecule has 0 aliphatic carbocycles. The molecule has 2 aromatic rings. The van der Waals surface area contributed by atoms with E-state index in [-0.39, 0.29) is 11.6 Å². The number of nitrogens with one attached hydrogen (secondary N) is 1. The minimum atomic E-state index is -0.500. The van der Waals surface area contributed by atoms with Gasteiger partial charge in [0.15, 0.2) is 0 Å². The first-order valence-corrected chi connectivity index (χ1v) is 7.41. The maximum atomic E-state index is 12.1. The minimum Gasteiger partial charge on any atom is -0.474 e. The molecule has 0 saturated heterocycles. The van der Waals surface area contributed by atoms with Crippen LogP contribution in [0.15, 0.2) is 48.7 Å². The summed E-state index contributed by atoms with van der Waals surface area (Å²) < 4.78 is 10.3. The summed E-state index contributed by atoms with van der Waals surface area (Å²) in [5.74, 6) is -0.185. The van der Waals surface area contributed by atoms with E-state index in [9.17, 15) is 14.9 Å². The topological polar surface area (TPSA) is 104 Å². The monoisotopic (exact) mass is 343 g/mol. The molecule has 0 aliphatic rings.